The lowest BCUT2D eigenvalue weighted by Gasteiger charge is -2.04. The SMILES string of the molecule is CCOC(=O)c1c(CC)nn(C)c1S(N)(=O)=O. The summed E-state index contributed by atoms with van der Waals surface area (Å²) in [6.45, 7) is 3.55. The lowest BCUT2D eigenvalue weighted by atomic mass is 10.2. The zero-order valence-corrected chi connectivity index (χ0v) is 10.7. The van der Waals surface area contributed by atoms with Gasteiger partial charge in [0.25, 0.3) is 10.0 Å². The van der Waals surface area contributed by atoms with Crippen LogP contribution in [0.4, 0.5) is 0 Å². The molecule has 0 bridgehead atoms. The summed E-state index contributed by atoms with van der Waals surface area (Å²) < 4.78 is 28.7. The Bertz CT molecular complexity index is 533. The van der Waals surface area contributed by atoms with Gasteiger partial charge in [0.2, 0.25) is 0 Å². The average Bonchev–Trinajstić information content (AvgIpc) is 2.54. The van der Waals surface area contributed by atoms with Crippen molar-refractivity contribution < 1.29 is 17.9 Å². The number of nitrogens with two attached hydrogens (primary N) is 1. The molecule has 0 radical (unpaired) electrons. The van der Waals surface area contributed by atoms with Gasteiger partial charge in [0, 0.05) is 7.05 Å². The lowest BCUT2D eigenvalue weighted by Crippen LogP contribution is -2.20. The fraction of sp³-hybridized carbons (Fsp3) is 0.556. The van der Waals surface area contributed by atoms with Crippen molar-refractivity contribution in [1.82, 2.24) is 9.78 Å². The Labute approximate surface area is 99.6 Å². The number of carbonyl (C=O) groups excluding carboxylic acids is 1. The molecule has 1 aromatic heterocycles. The first-order valence-electron chi connectivity index (χ1n) is 5.08. The summed E-state index contributed by atoms with van der Waals surface area (Å²) in [6.07, 6.45) is 0.414. The highest BCUT2D eigenvalue weighted by Crippen LogP contribution is 2.19. The maximum Gasteiger partial charge on any atom is 0.343 e. The van der Waals surface area contributed by atoms with Gasteiger partial charge in [-0.2, -0.15) is 5.10 Å². The quantitative estimate of drug-likeness (QED) is 0.756. The maximum atomic E-state index is 11.7. The number of nitrogens with zero attached hydrogens (tertiary/aromatic N) is 2. The molecule has 0 unspecified atom stereocenters. The standard InChI is InChI=1S/C9H15N3O4S/c1-4-6-7(9(13)16-5-2)8(12(3)11-6)17(10,14)15/h4-5H2,1-3H3,(H2,10,14,15). The largest absolute Gasteiger partial charge is 0.462 e. The summed E-state index contributed by atoms with van der Waals surface area (Å²) in [5.41, 5.74) is 0.286. The van der Waals surface area contributed by atoms with Gasteiger partial charge in [-0.15, -0.1) is 0 Å². The number of sulfonamides is 1. The van der Waals surface area contributed by atoms with Crippen LogP contribution in [0.5, 0.6) is 0 Å². The Morgan fingerprint density at radius 2 is 2.06 bits per heavy atom. The van der Waals surface area contributed by atoms with E-state index in [1.807, 2.05) is 0 Å². The van der Waals surface area contributed by atoms with E-state index in [4.69, 9.17) is 9.88 Å². The number of rotatable bonds is 4. The molecule has 1 aromatic rings. The van der Waals surface area contributed by atoms with Crippen molar-refractivity contribution in [2.75, 3.05) is 6.61 Å². The fourth-order valence-electron chi connectivity index (χ4n) is 1.54. The molecule has 0 atom stereocenters. The first-order chi connectivity index (χ1) is 7.82. The van der Waals surface area contributed by atoms with E-state index in [1.165, 1.54) is 7.05 Å². The van der Waals surface area contributed by atoms with E-state index in [2.05, 4.69) is 5.10 Å². The summed E-state index contributed by atoms with van der Waals surface area (Å²) in [5.74, 6) is -0.721. The highest BCUT2D eigenvalue weighted by Gasteiger charge is 2.29. The fourth-order valence-corrected chi connectivity index (χ4v) is 2.44. The molecule has 0 saturated heterocycles. The number of carbonyl (C=O) groups is 1. The van der Waals surface area contributed by atoms with E-state index >= 15 is 0 Å². The van der Waals surface area contributed by atoms with Gasteiger partial charge < -0.3 is 4.74 Å². The molecule has 2 N–H and O–H groups in total. The molecule has 0 spiro atoms. The lowest BCUT2D eigenvalue weighted by molar-refractivity contribution is 0.0520. The second-order valence-electron chi connectivity index (χ2n) is 3.37. The Balaban J connectivity index is 3.49. The second kappa shape index (κ2) is 4.84. The number of esters is 1. The molecule has 0 aliphatic heterocycles. The molecule has 7 nitrogen and oxygen atoms in total. The van der Waals surface area contributed by atoms with Crippen LogP contribution in [0.1, 0.15) is 29.9 Å². The summed E-state index contributed by atoms with van der Waals surface area (Å²) in [4.78, 5) is 11.7. The monoisotopic (exact) mass is 261 g/mol. The van der Waals surface area contributed by atoms with Crippen LogP contribution < -0.4 is 5.14 Å². The first kappa shape index (κ1) is 13.7. The van der Waals surface area contributed by atoms with Crippen molar-refractivity contribution in [3.05, 3.63) is 11.3 Å². The van der Waals surface area contributed by atoms with Crippen molar-refractivity contribution >= 4 is 16.0 Å². The van der Waals surface area contributed by atoms with Crippen LogP contribution in [0.2, 0.25) is 0 Å². The topological polar surface area (TPSA) is 104 Å². The molecular formula is C9H15N3O4S. The minimum atomic E-state index is -4.02. The third-order valence-electron chi connectivity index (χ3n) is 2.15. The minimum absolute atomic E-state index is 0.0700. The highest BCUT2D eigenvalue weighted by atomic mass is 32.2. The van der Waals surface area contributed by atoms with Crippen molar-refractivity contribution in [1.29, 1.82) is 0 Å². The third kappa shape index (κ3) is 2.64. The average molecular weight is 261 g/mol. The van der Waals surface area contributed by atoms with Crippen LogP contribution in [-0.4, -0.2) is 30.8 Å². The van der Waals surface area contributed by atoms with Crippen LogP contribution in [0.15, 0.2) is 5.03 Å². The number of ether oxygens (including phenoxy) is 1. The van der Waals surface area contributed by atoms with Gasteiger partial charge in [-0.1, -0.05) is 6.92 Å². The third-order valence-corrected chi connectivity index (χ3v) is 3.16. The predicted molar refractivity (Wildman–Crippen MR) is 59.9 cm³/mol. The van der Waals surface area contributed by atoms with E-state index in [9.17, 15) is 13.2 Å². The van der Waals surface area contributed by atoms with Gasteiger partial charge in [-0.05, 0) is 13.3 Å². The van der Waals surface area contributed by atoms with Gasteiger partial charge in [0.15, 0.2) is 5.03 Å². The molecule has 0 saturated carbocycles. The smallest absolute Gasteiger partial charge is 0.343 e. The summed E-state index contributed by atoms with van der Waals surface area (Å²) in [5, 5.41) is 8.71. The second-order valence-corrected chi connectivity index (χ2v) is 4.85. The first-order valence-corrected chi connectivity index (χ1v) is 6.63. The highest BCUT2D eigenvalue weighted by molar-refractivity contribution is 7.89. The van der Waals surface area contributed by atoms with E-state index in [-0.39, 0.29) is 17.2 Å². The van der Waals surface area contributed by atoms with Crippen molar-refractivity contribution in [2.24, 2.45) is 12.2 Å². The van der Waals surface area contributed by atoms with Crippen LogP contribution in [0.25, 0.3) is 0 Å². The van der Waals surface area contributed by atoms with Crippen LogP contribution in [0, 0.1) is 0 Å². The number of aromatic nitrogens is 2. The molecule has 0 fully saturated rings. The van der Waals surface area contributed by atoms with Crippen molar-refractivity contribution in [2.45, 2.75) is 25.3 Å². The molecule has 0 aliphatic carbocycles. The molecule has 17 heavy (non-hydrogen) atoms. The Hall–Kier alpha value is -1.41. The summed E-state index contributed by atoms with van der Waals surface area (Å²) >= 11 is 0. The molecule has 96 valence electrons. The summed E-state index contributed by atoms with van der Waals surface area (Å²) in [6, 6.07) is 0. The molecular weight excluding hydrogens is 246 g/mol. The summed E-state index contributed by atoms with van der Waals surface area (Å²) in [7, 11) is -2.60. The van der Waals surface area contributed by atoms with Gasteiger partial charge in [-0.3, -0.25) is 4.68 Å². The number of aryl methyl sites for hydroxylation is 2. The van der Waals surface area contributed by atoms with Crippen molar-refractivity contribution in [3.63, 3.8) is 0 Å². The molecule has 0 aromatic carbocycles. The van der Waals surface area contributed by atoms with Gasteiger partial charge in [0.1, 0.15) is 5.56 Å². The van der Waals surface area contributed by atoms with E-state index < -0.39 is 16.0 Å². The van der Waals surface area contributed by atoms with E-state index in [0.717, 1.165) is 4.68 Å². The zero-order chi connectivity index (χ0) is 13.2. The number of hydrogen-bond acceptors (Lipinski definition) is 5. The molecule has 8 heteroatoms. The van der Waals surface area contributed by atoms with Crippen LogP contribution in [-0.2, 0) is 28.2 Å². The maximum absolute atomic E-state index is 11.7. The molecule has 1 heterocycles. The molecule has 1 rings (SSSR count). The van der Waals surface area contributed by atoms with Gasteiger partial charge >= 0.3 is 5.97 Å². The zero-order valence-electron chi connectivity index (χ0n) is 9.93. The van der Waals surface area contributed by atoms with Crippen LogP contribution in [0.3, 0.4) is 0 Å². The Morgan fingerprint density at radius 1 is 1.47 bits per heavy atom. The number of hydrogen-bond donors (Lipinski definition) is 1. The van der Waals surface area contributed by atoms with E-state index in [0.29, 0.717) is 12.1 Å². The minimum Gasteiger partial charge on any atom is -0.462 e. The Kier molecular flexibility index (Phi) is 3.89. The molecule has 0 amide bonds. The van der Waals surface area contributed by atoms with Gasteiger partial charge in [0.05, 0.1) is 12.3 Å². The predicted octanol–water partition coefficient (Wildman–Crippen LogP) is -0.193. The van der Waals surface area contributed by atoms with Crippen molar-refractivity contribution in [3.8, 4) is 0 Å². The molecule has 0 aliphatic rings. The number of primary sulfonamides is 1. The van der Waals surface area contributed by atoms with E-state index in [1.54, 1.807) is 13.8 Å². The van der Waals surface area contributed by atoms with Crippen LogP contribution >= 0.6 is 0 Å². The normalized spacial score (nSPS) is 11.5. The Morgan fingerprint density at radius 3 is 2.47 bits per heavy atom. The van der Waals surface area contributed by atoms with Gasteiger partial charge in [-0.25, -0.2) is 18.4 Å².